The summed E-state index contributed by atoms with van der Waals surface area (Å²) in [7, 11) is 1.53. The van der Waals surface area contributed by atoms with Crippen molar-refractivity contribution in [3.63, 3.8) is 0 Å². The van der Waals surface area contributed by atoms with Crippen molar-refractivity contribution >= 4 is 23.4 Å². The van der Waals surface area contributed by atoms with Crippen LogP contribution in [0.5, 0.6) is 5.75 Å². The van der Waals surface area contributed by atoms with Gasteiger partial charge in [0.25, 0.3) is 11.8 Å². The van der Waals surface area contributed by atoms with Crippen LogP contribution in [-0.4, -0.2) is 28.7 Å². The second-order valence-electron chi connectivity index (χ2n) is 7.84. The second kappa shape index (κ2) is 9.44. The van der Waals surface area contributed by atoms with Gasteiger partial charge in [-0.3, -0.25) is 9.59 Å². The van der Waals surface area contributed by atoms with Gasteiger partial charge in [0.2, 0.25) is 0 Å². The molecule has 1 fully saturated rings. The van der Waals surface area contributed by atoms with Gasteiger partial charge >= 0.3 is 0 Å². The fraction of sp³-hybridized carbons (Fsp3) is 0.292. The molecule has 0 atom stereocenters. The maximum Gasteiger partial charge on any atom is 0.255 e. The van der Waals surface area contributed by atoms with Gasteiger partial charge in [-0.2, -0.15) is 5.10 Å². The van der Waals surface area contributed by atoms with Crippen LogP contribution >= 0.6 is 11.6 Å². The van der Waals surface area contributed by atoms with Gasteiger partial charge in [0.1, 0.15) is 22.2 Å². The SMILES string of the molecule is COc1ccccc1C(=O)NCc1ccc(-c2nn(C3CCCC3)c(Cl)c2C(N)=O)cc1. The van der Waals surface area contributed by atoms with Gasteiger partial charge in [0.05, 0.1) is 18.7 Å². The molecule has 2 aromatic carbocycles. The molecule has 166 valence electrons. The number of benzene rings is 2. The molecule has 0 radical (unpaired) electrons. The van der Waals surface area contributed by atoms with Crippen LogP contribution in [0.2, 0.25) is 5.15 Å². The summed E-state index contributed by atoms with van der Waals surface area (Å²) in [6.07, 6.45) is 4.22. The molecule has 3 N–H and O–H groups in total. The number of carbonyl (C=O) groups is 2. The first-order chi connectivity index (χ1) is 15.5. The van der Waals surface area contributed by atoms with Crippen molar-refractivity contribution < 1.29 is 14.3 Å². The number of nitrogens with two attached hydrogens (primary N) is 1. The number of halogens is 1. The molecule has 2 amide bonds. The lowest BCUT2D eigenvalue weighted by molar-refractivity contribution is 0.0946. The molecule has 0 aliphatic heterocycles. The maximum atomic E-state index is 12.5. The lowest BCUT2D eigenvalue weighted by atomic mass is 10.1. The Morgan fingerprint density at radius 1 is 1.16 bits per heavy atom. The number of hydrogen-bond acceptors (Lipinski definition) is 4. The zero-order chi connectivity index (χ0) is 22.7. The number of hydrogen-bond donors (Lipinski definition) is 2. The van der Waals surface area contributed by atoms with Crippen LogP contribution in [0.3, 0.4) is 0 Å². The van der Waals surface area contributed by atoms with Crippen molar-refractivity contribution in [2.45, 2.75) is 38.3 Å². The molecule has 1 aromatic heterocycles. The summed E-state index contributed by atoms with van der Waals surface area (Å²) in [5.74, 6) is -0.291. The van der Waals surface area contributed by atoms with Crippen molar-refractivity contribution in [1.82, 2.24) is 15.1 Å². The minimum absolute atomic E-state index is 0.193. The fourth-order valence-electron chi connectivity index (χ4n) is 4.12. The predicted octanol–water partition coefficient (Wildman–Crippen LogP) is 4.36. The normalized spacial score (nSPS) is 13.8. The van der Waals surface area contributed by atoms with E-state index in [9.17, 15) is 9.59 Å². The highest BCUT2D eigenvalue weighted by Crippen LogP contribution is 2.36. The summed E-state index contributed by atoms with van der Waals surface area (Å²) >= 11 is 6.50. The van der Waals surface area contributed by atoms with E-state index in [0.717, 1.165) is 36.8 Å². The zero-order valence-electron chi connectivity index (χ0n) is 17.8. The molecular formula is C24H25ClN4O3. The Labute approximate surface area is 191 Å². The van der Waals surface area contributed by atoms with Crippen LogP contribution in [0, 0.1) is 0 Å². The Bertz CT molecular complexity index is 1130. The highest BCUT2D eigenvalue weighted by molar-refractivity contribution is 6.33. The molecule has 8 heteroatoms. The summed E-state index contributed by atoms with van der Waals surface area (Å²) in [6.45, 7) is 0.344. The fourth-order valence-corrected chi connectivity index (χ4v) is 4.47. The summed E-state index contributed by atoms with van der Waals surface area (Å²) < 4.78 is 6.99. The second-order valence-corrected chi connectivity index (χ2v) is 8.20. The number of amides is 2. The van der Waals surface area contributed by atoms with Crippen LogP contribution in [0.15, 0.2) is 48.5 Å². The Morgan fingerprint density at radius 2 is 1.84 bits per heavy atom. The quantitative estimate of drug-likeness (QED) is 0.556. The Morgan fingerprint density at radius 3 is 2.50 bits per heavy atom. The van der Waals surface area contributed by atoms with Gasteiger partial charge in [0, 0.05) is 12.1 Å². The number of primary amides is 1. The molecular weight excluding hydrogens is 428 g/mol. The third kappa shape index (κ3) is 4.34. The molecule has 1 heterocycles. The van der Waals surface area contributed by atoms with Crippen molar-refractivity contribution in [3.8, 4) is 17.0 Å². The van der Waals surface area contributed by atoms with E-state index in [-0.39, 0.29) is 17.5 Å². The van der Waals surface area contributed by atoms with Crippen molar-refractivity contribution in [1.29, 1.82) is 0 Å². The summed E-state index contributed by atoms with van der Waals surface area (Å²) in [5.41, 5.74) is 8.48. The maximum absolute atomic E-state index is 12.5. The van der Waals surface area contributed by atoms with E-state index in [4.69, 9.17) is 22.1 Å². The van der Waals surface area contributed by atoms with Crippen LogP contribution < -0.4 is 15.8 Å². The first kappa shape index (κ1) is 21.9. The number of para-hydroxylation sites is 1. The summed E-state index contributed by atoms with van der Waals surface area (Å²) in [4.78, 5) is 24.6. The lowest BCUT2D eigenvalue weighted by Gasteiger charge is -2.10. The summed E-state index contributed by atoms with van der Waals surface area (Å²) in [5, 5.41) is 7.84. The molecule has 1 aliphatic carbocycles. The lowest BCUT2D eigenvalue weighted by Crippen LogP contribution is -2.23. The van der Waals surface area contributed by atoms with Crippen LogP contribution in [0.1, 0.15) is 58.0 Å². The van der Waals surface area contributed by atoms with E-state index in [2.05, 4.69) is 10.4 Å². The third-order valence-electron chi connectivity index (χ3n) is 5.80. The Hall–Kier alpha value is -3.32. The number of rotatable bonds is 7. The van der Waals surface area contributed by atoms with Crippen molar-refractivity contribution in [2.24, 2.45) is 5.73 Å². The van der Waals surface area contributed by atoms with Gasteiger partial charge in [-0.15, -0.1) is 0 Å². The topological polar surface area (TPSA) is 99.2 Å². The highest BCUT2D eigenvalue weighted by Gasteiger charge is 2.27. The number of carbonyl (C=O) groups excluding carboxylic acids is 2. The van der Waals surface area contributed by atoms with Gasteiger partial charge in [-0.25, -0.2) is 4.68 Å². The average Bonchev–Trinajstić information content (AvgIpc) is 3.45. The highest BCUT2D eigenvalue weighted by atomic mass is 35.5. The molecule has 7 nitrogen and oxygen atoms in total. The van der Waals surface area contributed by atoms with Crippen LogP contribution in [0.4, 0.5) is 0 Å². The Kier molecular flexibility index (Phi) is 6.46. The molecule has 0 bridgehead atoms. The number of nitrogens with one attached hydrogen (secondary N) is 1. The van der Waals surface area contributed by atoms with Gasteiger partial charge < -0.3 is 15.8 Å². The molecule has 1 saturated carbocycles. The molecule has 0 unspecified atom stereocenters. The van der Waals surface area contributed by atoms with Crippen molar-refractivity contribution in [3.05, 3.63) is 70.4 Å². The van der Waals surface area contributed by atoms with E-state index in [1.54, 1.807) is 22.9 Å². The van der Waals surface area contributed by atoms with Gasteiger partial charge in [0.15, 0.2) is 0 Å². The molecule has 0 saturated heterocycles. The molecule has 4 rings (SSSR count). The molecule has 3 aromatic rings. The first-order valence-electron chi connectivity index (χ1n) is 10.6. The molecule has 1 aliphatic rings. The van der Waals surface area contributed by atoms with Gasteiger partial charge in [-0.1, -0.05) is 60.8 Å². The Balaban J connectivity index is 1.52. The van der Waals surface area contributed by atoms with E-state index in [1.165, 1.54) is 7.11 Å². The minimum atomic E-state index is -0.595. The van der Waals surface area contributed by atoms with E-state index in [0.29, 0.717) is 28.7 Å². The third-order valence-corrected chi connectivity index (χ3v) is 6.16. The van der Waals surface area contributed by atoms with E-state index < -0.39 is 5.91 Å². The largest absolute Gasteiger partial charge is 0.496 e. The smallest absolute Gasteiger partial charge is 0.255 e. The van der Waals surface area contributed by atoms with Crippen molar-refractivity contribution in [2.75, 3.05) is 7.11 Å². The number of nitrogens with zero attached hydrogens (tertiary/aromatic N) is 2. The predicted molar refractivity (Wildman–Crippen MR) is 123 cm³/mol. The van der Waals surface area contributed by atoms with Crippen LogP contribution in [0.25, 0.3) is 11.3 Å². The molecule has 32 heavy (non-hydrogen) atoms. The zero-order valence-corrected chi connectivity index (χ0v) is 18.6. The first-order valence-corrected chi connectivity index (χ1v) is 11.0. The van der Waals surface area contributed by atoms with Gasteiger partial charge in [-0.05, 0) is 30.5 Å². The molecule has 0 spiro atoms. The monoisotopic (exact) mass is 452 g/mol. The van der Waals surface area contributed by atoms with Crippen LogP contribution in [-0.2, 0) is 6.54 Å². The summed E-state index contributed by atoms with van der Waals surface area (Å²) in [6, 6.07) is 14.7. The standard InChI is InChI=1S/C24H25ClN4O3/c1-32-19-9-5-4-8-18(19)24(31)27-14-15-10-12-16(13-11-15)21-20(23(26)30)22(25)29(28-21)17-6-2-3-7-17/h4-5,8-13,17H,2-3,6-7,14H2,1H3,(H2,26,30)(H,27,31). The number of aromatic nitrogens is 2. The average molecular weight is 453 g/mol. The van der Waals surface area contributed by atoms with E-state index in [1.807, 2.05) is 30.3 Å². The minimum Gasteiger partial charge on any atom is -0.496 e. The number of ether oxygens (including phenoxy) is 1. The van der Waals surface area contributed by atoms with E-state index >= 15 is 0 Å². The number of methoxy groups -OCH3 is 1.